The molecule has 2 heterocycles. The van der Waals surface area contributed by atoms with Gasteiger partial charge in [0, 0.05) is 12.0 Å². The van der Waals surface area contributed by atoms with Crippen LogP contribution in [0.1, 0.15) is 30.8 Å². The van der Waals surface area contributed by atoms with Gasteiger partial charge in [-0.05, 0) is 43.5 Å². The summed E-state index contributed by atoms with van der Waals surface area (Å²) in [4.78, 5) is 14.5. The van der Waals surface area contributed by atoms with E-state index in [4.69, 9.17) is 14.6 Å². The number of nitrogens with two attached hydrogens (primary N) is 1. The number of hydrogen-bond donors (Lipinski definition) is 1. The van der Waals surface area contributed by atoms with Crippen LogP contribution in [0.5, 0.6) is 0 Å². The molecule has 2 aromatic rings. The third-order valence-corrected chi connectivity index (χ3v) is 3.99. The Balaban J connectivity index is 1.72. The van der Waals surface area contributed by atoms with Gasteiger partial charge in [0.2, 0.25) is 5.91 Å². The fourth-order valence-corrected chi connectivity index (χ4v) is 2.89. The molecule has 5 nitrogen and oxygen atoms in total. The highest BCUT2D eigenvalue weighted by atomic mass is 16.3. The summed E-state index contributed by atoms with van der Waals surface area (Å²) in [7, 11) is 0. The first kappa shape index (κ1) is 13.9. The molecule has 112 valence electrons. The van der Waals surface area contributed by atoms with Gasteiger partial charge in [0.25, 0.3) is 0 Å². The molecule has 21 heavy (non-hydrogen) atoms. The molecular weight excluding hydrogens is 268 g/mol. The van der Waals surface area contributed by atoms with Crippen molar-refractivity contribution in [3.05, 3.63) is 48.3 Å². The first-order valence-electron chi connectivity index (χ1n) is 7.31. The van der Waals surface area contributed by atoms with Crippen LogP contribution < -0.4 is 5.73 Å². The quantitative estimate of drug-likeness (QED) is 0.917. The lowest BCUT2D eigenvalue weighted by Gasteiger charge is -2.24. The summed E-state index contributed by atoms with van der Waals surface area (Å²) in [6.07, 6.45) is 5.80. The molecule has 3 rings (SSSR count). The summed E-state index contributed by atoms with van der Waals surface area (Å²) in [5.41, 5.74) is 5.93. The summed E-state index contributed by atoms with van der Waals surface area (Å²) in [6, 6.07) is 7.56. The minimum atomic E-state index is 0.0184. The van der Waals surface area contributed by atoms with Crippen molar-refractivity contribution in [1.29, 1.82) is 0 Å². The van der Waals surface area contributed by atoms with Gasteiger partial charge in [0.05, 0.1) is 25.6 Å². The van der Waals surface area contributed by atoms with E-state index in [0.717, 1.165) is 30.8 Å². The second-order valence-electron chi connectivity index (χ2n) is 5.62. The Labute approximate surface area is 123 Å². The van der Waals surface area contributed by atoms with Crippen LogP contribution in [0.15, 0.2) is 45.6 Å². The Morgan fingerprint density at radius 3 is 2.19 bits per heavy atom. The van der Waals surface area contributed by atoms with Crippen LogP contribution in [0.25, 0.3) is 0 Å². The largest absolute Gasteiger partial charge is 0.467 e. The van der Waals surface area contributed by atoms with Crippen molar-refractivity contribution >= 4 is 5.91 Å². The molecule has 2 unspecified atom stereocenters. The van der Waals surface area contributed by atoms with Crippen LogP contribution in [0.2, 0.25) is 0 Å². The average Bonchev–Trinajstić information content (AvgIpc) is 3.19. The summed E-state index contributed by atoms with van der Waals surface area (Å²) in [5.74, 6) is 1.70. The first-order valence-corrected chi connectivity index (χ1v) is 7.31. The lowest BCUT2D eigenvalue weighted by atomic mass is 10.1. The molecule has 2 N–H and O–H groups in total. The minimum Gasteiger partial charge on any atom is -0.467 e. The Morgan fingerprint density at radius 2 is 1.76 bits per heavy atom. The highest BCUT2D eigenvalue weighted by Crippen LogP contribution is 2.27. The smallest absolute Gasteiger partial charge is 0.226 e. The molecule has 0 saturated heterocycles. The molecule has 0 aromatic carbocycles. The number of hydrogen-bond acceptors (Lipinski definition) is 4. The number of carbonyl (C=O) groups excluding carboxylic acids is 1. The highest BCUT2D eigenvalue weighted by Gasteiger charge is 2.31. The number of amides is 1. The van der Waals surface area contributed by atoms with Crippen molar-refractivity contribution < 1.29 is 13.6 Å². The number of rotatable bonds is 5. The van der Waals surface area contributed by atoms with Crippen LogP contribution in [-0.4, -0.2) is 16.8 Å². The molecule has 5 heteroatoms. The van der Waals surface area contributed by atoms with Crippen molar-refractivity contribution in [3.8, 4) is 0 Å². The van der Waals surface area contributed by atoms with Gasteiger partial charge in [0.1, 0.15) is 11.5 Å². The highest BCUT2D eigenvalue weighted by molar-refractivity contribution is 5.79. The predicted octanol–water partition coefficient (Wildman–Crippen LogP) is 2.53. The number of carbonyl (C=O) groups is 1. The van der Waals surface area contributed by atoms with Gasteiger partial charge in [-0.2, -0.15) is 0 Å². The zero-order chi connectivity index (χ0) is 14.7. The maximum atomic E-state index is 12.7. The third-order valence-electron chi connectivity index (χ3n) is 3.99. The topological polar surface area (TPSA) is 72.6 Å². The number of nitrogens with zero attached hydrogens (tertiary/aromatic N) is 1. The van der Waals surface area contributed by atoms with Crippen LogP contribution in [0, 0.1) is 5.92 Å². The summed E-state index contributed by atoms with van der Waals surface area (Å²) in [6.45, 7) is 0.913. The number of furan rings is 2. The van der Waals surface area contributed by atoms with Crippen LogP contribution in [-0.2, 0) is 17.9 Å². The van der Waals surface area contributed by atoms with E-state index < -0.39 is 0 Å². The lowest BCUT2D eigenvalue weighted by Crippen LogP contribution is -2.34. The normalized spacial score (nSPS) is 21.6. The van der Waals surface area contributed by atoms with Crippen LogP contribution in [0.3, 0.4) is 0 Å². The van der Waals surface area contributed by atoms with Crippen molar-refractivity contribution in [3.63, 3.8) is 0 Å². The maximum Gasteiger partial charge on any atom is 0.226 e. The van der Waals surface area contributed by atoms with Gasteiger partial charge >= 0.3 is 0 Å². The van der Waals surface area contributed by atoms with E-state index in [1.807, 2.05) is 24.3 Å². The van der Waals surface area contributed by atoms with Gasteiger partial charge in [-0.15, -0.1) is 0 Å². The molecule has 1 fully saturated rings. The van der Waals surface area contributed by atoms with E-state index in [1.54, 1.807) is 17.4 Å². The molecule has 2 aromatic heterocycles. The van der Waals surface area contributed by atoms with Crippen molar-refractivity contribution in [2.24, 2.45) is 11.7 Å². The average molecular weight is 288 g/mol. The Hall–Kier alpha value is -2.01. The second kappa shape index (κ2) is 6.18. The van der Waals surface area contributed by atoms with Crippen molar-refractivity contribution in [2.45, 2.75) is 38.4 Å². The van der Waals surface area contributed by atoms with Crippen molar-refractivity contribution in [1.82, 2.24) is 4.90 Å². The van der Waals surface area contributed by atoms with E-state index in [-0.39, 0.29) is 17.9 Å². The standard InChI is InChI=1S/C16H20N2O3/c17-13-6-5-12(9-13)16(19)18(10-14-3-1-7-20-14)11-15-4-2-8-21-15/h1-4,7-8,12-13H,5-6,9-11,17H2. The summed E-state index contributed by atoms with van der Waals surface area (Å²) < 4.78 is 10.7. The monoisotopic (exact) mass is 288 g/mol. The Bertz CT molecular complexity index is 526. The van der Waals surface area contributed by atoms with Gasteiger partial charge in [-0.25, -0.2) is 0 Å². The molecule has 0 radical (unpaired) electrons. The van der Waals surface area contributed by atoms with Gasteiger partial charge < -0.3 is 19.5 Å². The van der Waals surface area contributed by atoms with E-state index in [2.05, 4.69) is 0 Å². The van der Waals surface area contributed by atoms with E-state index >= 15 is 0 Å². The Morgan fingerprint density at radius 1 is 1.14 bits per heavy atom. The fourth-order valence-electron chi connectivity index (χ4n) is 2.89. The van der Waals surface area contributed by atoms with E-state index in [9.17, 15) is 4.79 Å². The fraction of sp³-hybridized carbons (Fsp3) is 0.438. The van der Waals surface area contributed by atoms with Gasteiger partial charge in [0.15, 0.2) is 0 Å². The molecule has 2 atom stereocenters. The summed E-state index contributed by atoms with van der Waals surface area (Å²) in [5, 5.41) is 0. The van der Waals surface area contributed by atoms with Crippen LogP contribution >= 0.6 is 0 Å². The van der Waals surface area contributed by atoms with E-state index in [1.165, 1.54) is 0 Å². The molecule has 1 amide bonds. The van der Waals surface area contributed by atoms with Crippen molar-refractivity contribution in [2.75, 3.05) is 0 Å². The first-order chi connectivity index (χ1) is 10.2. The SMILES string of the molecule is NC1CCC(C(=O)N(Cc2ccco2)Cc2ccco2)C1. The zero-order valence-corrected chi connectivity index (χ0v) is 11.9. The lowest BCUT2D eigenvalue weighted by molar-refractivity contribution is -0.137. The molecular formula is C16H20N2O3. The molecule has 0 bridgehead atoms. The van der Waals surface area contributed by atoms with Gasteiger partial charge in [-0.1, -0.05) is 0 Å². The van der Waals surface area contributed by atoms with Crippen LogP contribution in [0.4, 0.5) is 0 Å². The zero-order valence-electron chi connectivity index (χ0n) is 11.9. The molecule has 0 aliphatic heterocycles. The van der Waals surface area contributed by atoms with Gasteiger partial charge in [-0.3, -0.25) is 4.79 Å². The Kier molecular flexibility index (Phi) is 4.10. The molecule has 0 spiro atoms. The molecule has 1 aliphatic rings. The minimum absolute atomic E-state index is 0.0184. The predicted molar refractivity (Wildman–Crippen MR) is 77.0 cm³/mol. The van der Waals surface area contributed by atoms with E-state index in [0.29, 0.717) is 13.1 Å². The molecule has 1 saturated carbocycles. The molecule has 1 aliphatic carbocycles. The second-order valence-corrected chi connectivity index (χ2v) is 5.62. The maximum absolute atomic E-state index is 12.7. The summed E-state index contributed by atoms with van der Waals surface area (Å²) >= 11 is 0. The third kappa shape index (κ3) is 3.36.